The predicted octanol–water partition coefficient (Wildman–Crippen LogP) is 4.27. The molecule has 1 aliphatic rings. The second-order valence-electron chi connectivity index (χ2n) is 7.50. The molecule has 152 valence electrons. The van der Waals surface area contributed by atoms with E-state index >= 15 is 0 Å². The average Bonchev–Trinajstić information content (AvgIpc) is 2.89. The maximum Gasteiger partial charge on any atom is 0.256 e. The molecule has 0 saturated heterocycles. The first-order valence-electron chi connectivity index (χ1n) is 10.0. The highest BCUT2D eigenvalue weighted by Crippen LogP contribution is 2.24. The van der Waals surface area contributed by atoms with E-state index in [4.69, 9.17) is 26.3 Å². The second kappa shape index (κ2) is 8.41. The number of benzene rings is 1. The fourth-order valence-corrected chi connectivity index (χ4v) is 3.84. The summed E-state index contributed by atoms with van der Waals surface area (Å²) in [6.45, 7) is 3.71. The van der Waals surface area contributed by atoms with Gasteiger partial charge in [-0.05, 0) is 50.1 Å². The van der Waals surface area contributed by atoms with Gasteiger partial charge < -0.3 is 14.2 Å². The van der Waals surface area contributed by atoms with Crippen molar-refractivity contribution in [3.63, 3.8) is 0 Å². The number of halogens is 1. The van der Waals surface area contributed by atoms with Crippen molar-refractivity contribution in [2.45, 2.75) is 39.2 Å². The molecule has 1 amide bonds. The molecule has 0 fully saturated rings. The number of aromatic nitrogens is 3. The van der Waals surface area contributed by atoms with Gasteiger partial charge in [-0.2, -0.15) is 0 Å². The van der Waals surface area contributed by atoms with Gasteiger partial charge in [0.15, 0.2) is 5.65 Å². The molecular weight excluding hydrogens is 388 g/mol. The van der Waals surface area contributed by atoms with E-state index in [0.717, 1.165) is 48.7 Å². The Morgan fingerprint density at radius 1 is 1.21 bits per heavy atom. The van der Waals surface area contributed by atoms with E-state index in [1.54, 1.807) is 24.1 Å². The monoisotopic (exact) mass is 412 g/mol. The molecule has 0 N–H and O–H groups in total. The first-order valence-corrected chi connectivity index (χ1v) is 10.4. The highest BCUT2D eigenvalue weighted by Gasteiger charge is 2.22. The Morgan fingerprint density at radius 3 is 2.79 bits per heavy atom. The van der Waals surface area contributed by atoms with Crippen molar-refractivity contribution in [1.29, 1.82) is 0 Å². The Balaban J connectivity index is 1.52. The standard InChI is InChI=1S/C22H25ClN4O2/c1-15-14-18(20-21(24-15)27-11-5-3-4-6-19(27)25-20)22(28)26(2)12-13-29-17-9-7-16(23)8-10-17/h7-10,14H,3-6,11-13H2,1-2H3. The Labute approximate surface area is 175 Å². The normalized spacial score (nSPS) is 13.8. The van der Waals surface area contributed by atoms with Crippen LogP contribution in [0.5, 0.6) is 5.75 Å². The fourth-order valence-electron chi connectivity index (χ4n) is 3.72. The number of aryl methyl sites for hydroxylation is 3. The summed E-state index contributed by atoms with van der Waals surface area (Å²) in [5, 5.41) is 0.667. The SMILES string of the molecule is Cc1cc(C(=O)N(C)CCOc2ccc(Cl)cc2)c2nc3n(c2n1)CCCCC3. The maximum atomic E-state index is 13.2. The number of imidazole rings is 1. The molecule has 0 bridgehead atoms. The molecule has 1 aromatic carbocycles. The summed E-state index contributed by atoms with van der Waals surface area (Å²) < 4.78 is 7.91. The first kappa shape index (κ1) is 19.7. The molecule has 0 radical (unpaired) electrons. The van der Waals surface area contributed by atoms with Crippen LogP contribution in [-0.2, 0) is 13.0 Å². The largest absolute Gasteiger partial charge is 0.492 e. The maximum absolute atomic E-state index is 13.2. The number of rotatable bonds is 5. The quantitative estimate of drug-likeness (QED) is 0.627. The highest BCUT2D eigenvalue weighted by molar-refractivity contribution is 6.30. The van der Waals surface area contributed by atoms with Crippen LogP contribution in [0.4, 0.5) is 0 Å². The Morgan fingerprint density at radius 2 is 2.00 bits per heavy atom. The van der Waals surface area contributed by atoms with Crippen LogP contribution in [0.3, 0.4) is 0 Å². The van der Waals surface area contributed by atoms with Gasteiger partial charge in [-0.15, -0.1) is 0 Å². The van der Waals surface area contributed by atoms with Crippen molar-refractivity contribution in [1.82, 2.24) is 19.4 Å². The number of carbonyl (C=O) groups excluding carboxylic acids is 1. The van der Waals surface area contributed by atoms with Gasteiger partial charge in [0.1, 0.15) is 23.7 Å². The lowest BCUT2D eigenvalue weighted by molar-refractivity contribution is 0.0775. The Kier molecular flexibility index (Phi) is 5.72. The van der Waals surface area contributed by atoms with E-state index in [1.807, 2.05) is 25.1 Å². The van der Waals surface area contributed by atoms with Crippen LogP contribution in [0.2, 0.25) is 5.02 Å². The van der Waals surface area contributed by atoms with Crippen LogP contribution in [0.15, 0.2) is 30.3 Å². The van der Waals surface area contributed by atoms with Crippen molar-refractivity contribution in [2.24, 2.45) is 0 Å². The zero-order chi connectivity index (χ0) is 20.4. The van der Waals surface area contributed by atoms with Gasteiger partial charge in [0, 0.05) is 30.7 Å². The van der Waals surface area contributed by atoms with Crippen LogP contribution in [-0.4, -0.2) is 45.5 Å². The molecule has 6 nitrogen and oxygen atoms in total. The molecule has 2 aromatic heterocycles. The lowest BCUT2D eigenvalue weighted by Gasteiger charge is -2.18. The molecule has 0 unspecified atom stereocenters. The summed E-state index contributed by atoms with van der Waals surface area (Å²) in [5.41, 5.74) is 2.99. The molecule has 3 heterocycles. The zero-order valence-corrected chi connectivity index (χ0v) is 17.6. The van der Waals surface area contributed by atoms with E-state index in [0.29, 0.717) is 29.3 Å². The molecule has 3 aromatic rings. The number of likely N-dealkylation sites (N-methyl/N-ethyl adjacent to an activating group) is 1. The number of hydrogen-bond acceptors (Lipinski definition) is 4. The minimum atomic E-state index is -0.0616. The van der Waals surface area contributed by atoms with Gasteiger partial charge in [-0.1, -0.05) is 18.0 Å². The van der Waals surface area contributed by atoms with Crippen molar-refractivity contribution in [2.75, 3.05) is 20.2 Å². The molecule has 29 heavy (non-hydrogen) atoms. The van der Waals surface area contributed by atoms with Crippen LogP contribution >= 0.6 is 11.6 Å². The van der Waals surface area contributed by atoms with Gasteiger partial charge in [-0.3, -0.25) is 4.79 Å². The third-order valence-electron chi connectivity index (χ3n) is 5.28. The lowest BCUT2D eigenvalue weighted by atomic mass is 10.1. The van der Waals surface area contributed by atoms with E-state index < -0.39 is 0 Å². The number of amides is 1. The molecule has 7 heteroatoms. The number of fused-ring (bicyclic) bond motifs is 3. The van der Waals surface area contributed by atoms with Crippen LogP contribution in [0, 0.1) is 6.92 Å². The highest BCUT2D eigenvalue weighted by atomic mass is 35.5. The summed E-state index contributed by atoms with van der Waals surface area (Å²) in [6.07, 6.45) is 4.40. The summed E-state index contributed by atoms with van der Waals surface area (Å²) >= 11 is 5.89. The van der Waals surface area contributed by atoms with Crippen LogP contribution in [0.1, 0.15) is 41.1 Å². The third kappa shape index (κ3) is 4.22. The van der Waals surface area contributed by atoms with Crippen molar-refractivity contribution >= 4 is 28.7 Å². The fraction of sp³-hybridized carbons (Fsp3) is 0.409. The Bertz CT molecular complexity index is 1030. The number of carbonyl (C=O) groups is 1. The molecule has 4 rings (SSSR count). The third-order valence-corrected chi connectivity index (χ3v) is 5.53. The molecule has 0 atom stereocenters. The lowest BCUT2D eigenvalue weighted by Crippen LogP contribution is -2.31. The minimum absolute atomic E-state index is 0.0616. The van der Waals surface area contributed by atoms with E-state index in [2.05, 4.69) is 4.57 Å². The molecule has 1 aliphatic heterocycles. The van der Waals surface area contributed by atoms with E-state index in [-0.39, 0.29) is 5.91 Å². The van der Waals surface area contributed by atoms with Gasteiger partial charge in [0.05, 0.1) is 12.1 Å². The topological polar surface area (TPSA) is 60.3 Å². The van der Waals surface area contributed by atoms with Gasteiger partial charge in [-0.25, -0.2) is 9.97 Å². The number of hydrogen-bond donors (Lipinski definition) is 0. The van der Waals surface area contributed by atoms with Gasteiger partial charge in [0.25, 0.3) is 5.91 Å². The van der Waals surface area contributed by atoms with Crippen molar-refractivity contribution in [3.05, 3.63) is 52.4 Å². The van der Waals surface area contributed by atoms with Crippen LogP contribution in [0.25, 0.3) is 11.2 Å². The predicted molar refractivity (Wildman–Crippen MR) is 114 cm³/mol. The van der Waals surface area contributed by atoms with Gasteiger partial charge in [0.2, 0.25) is 0 Å². The first-order chi connectivity index (χ1) is 14.0. The van der Waals surface area contributed by atoms with Crippen molar-refractivity contribution < 1.29 is 9.53 Å². The van der Waals surface area contributed by atoms with Crippen LogP contribution < -0.4 is 4.74 Å². The molecule has 0 spiro atoms. The number of pyridine rings is 1. The molecule has 0 saturated carbocycles. The second-order valence-corrected chi connectivity index (χ2v) is 7.94. The summed E-state index contributed by atoms with van der Waals surface area (Å²) in [5.74, 6) is 1.71. The van der Waals surface area contributed by atoms with E-state index in [9.17, 15) is 4.79 Å². The minimum Gasteiger partial charge on any atom is -0.492 e. The zero-order valence-electron chi connectivity index (χ0n) is 16.8. The van der Waals surface area contributed by atoms with E-state index in [1.165, 1.54) is 6.42 Å². The van der Waals surface area contributed by atoms with Gasteiger partial charge >= 0.3 is 0 Å². The molecule has 0 aliphatic carbocycles. The van der Waals surface area contributed by atoms with Crippen molar-refractivity contribution in [3.8, 4) is 5.75 Å². The summed E-state index contributed by atoms with van der Waals surface area (Å²) in [4.78, 5) is 24.3. The summed E-state index contributed by atoms with van der Waals surface area (Å²) in [7, 11) is 1.79. The number of nitrogens with zero attached hydrogens (tertiary/aromatic N) is 4. The number of ether oxygens (including phenoxy) is 1. The molecular formula is C22H25ClN4O2. The average molecular weight is 413 g/mol. The Hall–Kier alpha value is -2.60. The smallest absolute Gasteiger partial charge is 0.256 e. The summed E-state index contributed by atoms with van der Waals surface area (Å²) in [6, 6.07) is 9.04.